The number of hydrogen-bond donors (Lipinski definition) is 1. The number of aromatic nitrogens is 3. The van der Waals surface area contributed by atoms with Crippen LogP contribution in [0.3, 0.4) is 0 Å². The molecule has 0 saturated carbocycles. The van der Waals surface area contributed by atoms with Gasteiger partial charge in [-0.05, 0) is 38.5 Å². The zero-order valence-electron chi connectivity index (χ0n) is 17.8. The molecule has 1 unspecified atom stereocenters. The summed E-state index contributed by atoms with van der Waals surface area (Å²) < 4.78 is 6.84. The lowest BCUT2D eigenvalue weighted by Crippen LogP contribution is -2.46. The van der Waals surface area contributed by atoms with Gasteiger partial charge in [0.25, 0.3) is 5.56 Å². The number of fused-ring (bicyclic) bond motifs is 2. The number of anilines is 1. The van der Waals surface area contributed by atoms with Gasteiger partial charge in [-0.15, -0.1) is 5.10 Å². The Kier molecular flexibility index (Phi) is 6.20. The minimum absolute atomic E-state index is 0.0170. The third-order valence-electron chi connectivity index (χ3n) is 6.56. The third kappa shape index (κ3) is 4.47. The largest absolute Gasteiger partial charge is 0.379 e. The summed E-state index contributed by atoms with van der Waals surface area (Å²) in [6.07, 6.45) is 5.64. The average Bonchev–Trinajstić information content (AvgIpc) is 3.24. The zero-order chi connectivity index (χ0) is 21.2. The molecule has 0 spiro atoms. The molecule has 1 atom stereocenters. The summed E-state index contributed by atoms with van der Waals surface area (Å²) in [5.41, 5.74) is 1.76. The van der Waals surface area contributed by atoms with Crippen molar-refractivity contribution in [2.45, 2.75) is 38.5 Å². The summed E-state index contributed by atoms with van der Waals surface area (Å²) in [7, 11) is 0. The molecule has 3 aliphatic rings. The maximum atomic E-state index is 12.9. The first-order chi connectivity index (χ1) is 15.2. The highest BCUT2D eigenvalue weighted by atomic mass is 32.1. The number of hydrogen-bond acceptors (Lipinski definition) is 8. The van der Waals surface area contributed by atoms with Crippen molar-refractivity contribution in [2.24, 2.45) is 5.92 Å². The van der Waals surface area contributed by atoms with Crippen molar-refractivity contribution in [3.05, 3.63) is 21.6 Å². The number of aryl methyl sites for hydroxylation is 1. The van der Waals surface area contributed by atoms with Gasteiger partial charge in [-0.25, -0.2) is 4.98 Å². The maximum absolute atomic E-state index is 12.9. The van der Waals surface area contributed by atoms with Crippen LogP contribution in [0.2, 0.25) is 0 Å². The molecule has 5 rings (SSSR count). The van der Waals surface area contributed by atoms with Gasteiger partial charge in [0, 0.05) is 44.8 Å². The zero-order valence-corrected chi connectivity index (χ0v) is 18.7. The van der Waals surface area contributed by atoms with Gasteiger partial charge in [-0.2, -0.15) is 4.52 Å². The van der Waals surface area contributed by atoms with Crippen molar-refractivity contribution in [3.63, 3.8) is 0 Å². The molecule has 2 saturated heterocycles. The lowest BCUT2D eigenvalue weighted by Gasteiger charge is -2.32. The van der Waals surface area contributed by atoms with E-state index in [0.29, 0.717) is 18.1 Å². The maximum Gasteiger partial charge on any atom is 0.278 e. The molecule has 0 aromatic carbocycles. The summed E-state index contributed by atoms with van der Waals surface area (Å²) in [5.74, 6) is 0.0631. The highest BCUT2D eigenvalue weighted by molar-refractivity contribution is 7.20. The van der Waals surface area contributed by atoms with E-state index >= 15 is 0 Å². The van der Waals surface area contributed by atoms with Crippen LogP contribution in [-0.2, 0) is 22.4 Å². The van der Waals surface area contributed by atoms with Crippen molar-refractivity contribution in [1.29, 1.82) is 0 Å². The van der Waals surface area contributed by atoms with E-state index in [4.69, 9.17) is 9.72 Å². The minimum atomic E-state index is -0.0525. The number of piperidine rings is 1. The second-order valence-electron chi connectivity index (χ2n) is 8.66. The molecule has 168 valence electrons. The van der Waals surface area contributed by atoms with E-state index in [1.807, 2.05) is 0 Å². The van der Waals surface area contributed by atoms with E-state index in [1.54, 1.807) is 0 Å². The molecule has 0 radical (unpaired) electrons. The first-order valence-corrected chi connectivity index (χ1v) is 12.2. The summed E-state index contributed by atoms with van der Waals surface area (Å²) >= 11 is 1.46. The molecule has 2 aromatic rings. The monoisotopic (exact) mass is 446 g/mol. The number of amides is 1. The van der Waals surface area contributed by atoms with Crippen LogP contribution in [0.5, 0.6) is 0 Å². The summed E-state index contributed by atoms with van der Waals surface area (Å²) in [5, 5.41) is 8.50. The number of carbonyl (C=O) groups excluding carboxylic acids is 1. The number of rotatable bonds is 5. The van der Waals surface area contributed by atoms with Crippen molar-refractivity contribution < 1.29 is 9.53 Å². The molecule has 2 aliphatic heterocycles. The third-order valence-corrected chi connectivity index (χ3v) is 7.53. The molecule has 0 bridgehead atoms. The van der Waals surface area contributed by atoms with E-state index in [1.165, 1.54) is 15.9 Å². The molecule has 2 fully saturated rings. The van der Waals surface area contributed by atoms with Crippen LogP contribution in [0, 0.1) is 5.92 Å². The van der Waals surface area contributed by atoms with Crippen molar-refractivity contribution in [3.8, 4) is 0 Å². The summed E-state index contributed by atoms with van der Waals surface area (Å²) in [6, 6.07) is 0. The topological polar surface area (TPSA) is 92.1 Å². The van der Waals surface area contributed by atoms with Crippen molar-refractivity contribution in [2.75, 3.05) is 57.4 Å². The highest BCUT2D eigenvalue weighted by Gasteiger charge is 2.28. The Balaban J connectivity index is 1.23. The number of nitrogens with zero attached hydrogens (tertiary/aromatic N) is 5. The molecule has 4 heterocycles. The number of nitrogens with one attached hydrogen (secondary N) is 1. The molecular weight excluding hydrogens is 416 g/mol. The normalized spacial score (nSPS) is 22.5. The van der Waals surface area contributed by atoms with Crippen molar-refractivity contribution in [1.82, 2.24) is 24.8 Å². The van der Waals surface area contributed by atoms with Crippen molar-refractivity contribution >= 4 is 27.3 Å². The van der Waals surface area contributed by atoms with Crippen LogP contribution in [0.4, 0.5) is 5.13 Å². The van der Waals surface area contributed by atoms with E-state index in [-0.39, 0.29) is 17.4 Å². The van der Waals surface area contributed by atoms with Gasteiger partial charge in [0.05, 0.1) is 24.8 Å². The molecule has 31 heavy (non-hydrogen) atoms. The minimum Gasteiger partial charge on any atom is -0.379 e. The van der Waals surface area contributed by atoms with Crippen LogP contribution in [0.25, 0.3) is 4.96 Å². The standard InChI is InChI=1S/C21H30N6O3S/c28-18(22-7-9-25-10-12-30-13-11-25)15-4-3-8-26(14-15)21-24-27-19(29)16-5-1-2-6-17(16)23-20(27)31-21/h15H,1-14H2,(H,22,28). The number of carbonyl (C=O) groups is 1. The van der Waals surface area contributed by atoms with Crippen LogP contribution in [0.1, 0.15) is 36.9 Å². The Morgan fingerprint density at radius 2 is 2.00 bits per heavy atom. The Hall–Kier alpha value is -2.04. The van der Waals surface area contributed by atoms with Gasteiger partial charge in [-0.1, -0.05) is 11.3 Å². The van der Waals surface area contributed by atoms with E-state index < -0.39 is 0 Å². The highest BCUT2D eigenvalue weighted by Crippen LogP contribution is 2.28. The van der Waals surface area contributed by atoms with Crippen LogP contribution in [0.15, 0.2) is 4.79 Å². The predicted molar refractivity (Wildman–Crippen MR) is 119 cm³/mol. The molecule has 10 heteroatoms. The lowest BCUT2D eigenvalue weighted by molar-refractivity contribution is -0.125. The van der Waals surface area contributed by atoms with Crippen LogP contribution >= 0.6 is 11.3 Å². The van der Waals surface area contributed by atoms with Gasteiger partial charge in [0.1, 0.15) is 0 Å². The Morgan fingerprint density at radius 1 is 1.16 bits per heavy atom. The number of ether oxygens (including phenoxy) is 1. The first kappa shape index (κ1) is 20.8. The molecule has 1 amide bonds. The van der Waals surface area contributed by atoms with Gasteiger partial charge < -0.3 is 15.0 Å². The smallest absolute Gasteiger partial charge is 0.278 e. The number of morpholine rings is 1. The van der Waals surface area contributed by atoms with Gasteiger partial charge in [0.2, 0.25) is 16.0 Å². The average molecular weight is 447 g/mol. The fraction of sp³-hybridized carbons (Fsp3) is 0.714. The van der Waals surface area contributed by atoms with Gasteiger partial charge >= 0.3 is 0 Å². The van der Waals surface area contributed by atoms with E-state index in [2.05, 4.69) is 20.2 Å². The van der Waals surface area contributed by atoms with Gasteiger partial charge in [0.15, 0.2) is 0 Å². The molecule has 1 N–H and O–H groups in total. The summed E-state index contributed by atoms with van der Waals surface area (Å²) in [6.45, 7) is 6.43. The second kappa shape index (κ2) is 9.22. The molecule has 9 nitrogen and oxygen atoms in total. The Morgan fingerprint density at radius 3 is 2.87 bits per heavy atom. The Labute approximate surface area is 185 Å². The second-order valence-corrected chi connectivity index (χ2v) is 9.59. The first-order valence-electron chi connectivity index (χ1n) is 11.4. The van der Waals surface area contributed by atoms with Crippen LogP contribution in [-0.4, -0.2) is 77.9 Å². The predicted octanol–water partition coefficient (Wildman–Crippen LogP) is 0.695. The molecule has 2 aromatic heterocycles. The SMILES string of the molecule is O=C(NCCN1CCOCC1)C1CCCN(c2nn3c(=O)c4c(nc3s2)CCCC4)C1. The van der Waals surface area contributed by atoms with E-state index in [9.17, 15) is 9.59 Å². The fourth-order valence-electron chi connectivity index (χ4n) is 4.76. The van der Waals surface area contributed by atoms with E-state index in [0.717, 1.165) is 94.3 Å². The van der Waals surface area contributed by atoms with Crippen LogP contribution < -0.4 is 15.8 Å². The summed E-state index contributed by atoms with van der Waals surface area (Å²) in [4.78, 5) is 35.5. The lowest BCUT2D eigenvalue weighted by atomic mass is 9.97. The molecule has 1 aliphatic carbocycles. The van der Waals surface area contributed by atoms with Gasteiger partial charge in [-0.3, -0.25) is 14.5 Å². The molecular formula is C21H30N6O3S. The quantitative estimate of drug-likeness (QED) is 0.723. The fourth-order valence-corrected chi connectivity index (χ4v) is 5.71. The Bertz CT molecular complexity index is 999.